The number of rotatable bonds is 13. The number of hydrogen-bond donors (Lipinski definition) is 0. The van der Waals surface area contributed by atoms with Crippen molar-refractivity contribution in [1.29, 1.82) is 0 Å². The zero-order valence-electron chi connectivity index (χ0n) is 14.4. The summed E-state index contributed by atoms with van der Waals surface area (Å²) in [6.45, 7) is 2.66. The molecule has 0 radical (unpaired) electrons. The topological polar surface area (TPSA) is 54.5 Å². The Morgan fingerprint density at radius 1 is 1.00 bits per heavy atom. The van der Waals surface area contributed by atoms with Crippen molar-refractivity contribution in [2.75, 3.05) is 12.3 Å². The minimum Gasteiger partial charge on any atom is -0.279 e. The number of nitrogens with zero attached hydrogens (tertiary/aromatic N) is 1. The first kappa shape index (κ1) is 20.9. The Balaban J connectivity index is 2.11. The monoisotopic (exact) mass is 365 g/mol. The number of hydrogen-bond acceptors (Lipinski definition) is 3. The summed E-state index contributed by atoms with van der Waals surface area (Å²) in [6.07, 6.45) is 13.0. The Morgan fingerprint density at radius 2 is 1.52 bits per heavy atom. The lowest BCUT2D eigenvalue weighted by Crippen LogP contribution is -2.40. The molecule has 0 saturated carbocycles. The highest BCUT2D eigenvalue weighted by molar-refractivity contribution is 7.89. The van der Waals surface area contributed by atoms with Gasteiger partial charge in [-0.15, -0.1) is 0 Å². The minimum atomic E-state index is -3.33. The lowest BCUT2D eigenvalue weighted by molar-refractivity contribution is -0.114. The van der Waals surface area contributed by atoms with E-state index in [0.717, 1.165) is 19.3 Å². The molecule has 0 amide bonds. The van der Waals surface area contributed by atoms with Crippen molar-refractivity contribution in [3.63, 3.8) is 0 Å². The third-order valence-electron chi connectivity index (χ3n) is 4.58. The number of carbonyl (C=O) groups excluding carboxylic acids is 1. The first-order valence-electron chi connectivity index (χ1n) is 9.18. The smallest absolute Gasteiger partial charge is 0.239 e. The molecule has 4 nitrogen and oxygen atoms in total. The molecule has 0 spiro atoms. The highest BCUT2D eigenvalue weighted by Gasteiger charge is 2.37. The second kappa shape index (κ2) is 11.4. The molecule has 1 rings (SSSR count). The molecule has 1 heterocycles. The number of sulfonamides is 1. The fourth-order valence-electron chi connectivity index (χ4n) is 3.19. The number of unbranched alkanes of at least 4 members (excludes halogenated alkanes) is 9. The predicted octanol–water partition coefficient (Wildman–Crippen LogP) is 4.47. The third-order valence-corrected chi connectivity index (χ3v) is 6.79. The Hall–Kier alpha value is -0.130. The van der Waals surface area contributed by atoms with Gasteiger partial charge in [-0.05, 0) is 30.9 Å². The van der Waals surface area contributed by atoms with Crippen LogP contribution in [0.15, 0.2) is 0 Å². The van der Waals surface area contributed by atoms with E-state index in [1.54, 1.807) is 0 Å². The van der Waals surface area contributed by atoms with Gasteiger partial charge in [-0.2, -0.15) is 4.31 Å². The molecule has 1 saturated heterocycles. The van der Waals surface area contributed by atoms with Crippen molar-refractivity contribution in [3.8, 4) is 0 Å². The van der Waals surface area contributed by atoms with Crippen LogP contribution in [0.3, 0.4) is 0 Å². The number of carbonyl (C=O) groups is 1. The van der Waals surface area contributed by atoms with E-state index in [-0.39, 0.29) is 5.75 Å². The van der Waals surface area contributed by atoms with Crippen LogP contribution < -0.4 is 0 Å². The van der Waals surface area contributed by atoms with E-state index < -0.39 is 21.3 Å². The molecule has 1 aliphatic heterocycles. The standard InChI is InChI=1S/C17H32ClNO3S/c1-2-3-4-5-6-7-8-9-10-11-15-23(21,22)19-14-12-13-16(19)17(18)20/h16H,2-15H2,1H3. The zero-order valence-corrected chi connectivity index (χ0v) is 16.0. The average Bonchev–Trinajstić information content (AvgIpc) is 3.00. The Labute approximate surface area is 147 Å². The SMILES string of the molecule is CCCCCCCCCCCCS(=O)(=O)N1CCCC1C(=O)Cl. The summed E-state index contributed by atoms with van der Waals surface area (Å²) in [6, 6.07) is -0.634. The fourth-order valence-corrected chi connectivity index (χ4v) is 5.27. The van der Waals surface area contributed by atoms with Crippen molar-refractivity contribution in [1.82, 2.24) is 4.31 Å². The van der Waals surface area contributed by atoms with Crippen LogP contribution in [0.5, 0.6) is 0 Å². The van der Waals surface area contributed by atoms with E-state index in [0.29, 0.717) is 19.4 Å². The van der Waals surface area contributed by atoms with Crippen LogP contribution in [0.4, 0.5) is 0 Å². The van der Waals surface area contributed by atoms with E-state index in [1.807, 2.05) is 0 Å². The fraction of sp³-hybridized carbons (Fsp3) is 0.941. The molecule has 23 heavy (non-hydrogen) atoms. The predicted molar refractivity (Wildman–Crippen MR) is 96.2 cm³/mol. The molecule has 136 valence electrons. The summed E-state index contributed by atoms with van der Waals surface area (Å²) in [5, 5.41) is -0.547. The summed E-state index contributed by atoms with van der Waals surface area (Å²) in [4.78, 5) is 11.3. The van der Waals surface area contributed by atoms with Crippen LogP contribution in [0.25, 0.3) is 0 Å². The summed E-state index contributed by atoms with van der Waals surface area (Å²) in [5.74, 6) is 0.143. The molecule has 0 bridgehead atoms. The van der Waals surface area contributed by atoms with Gasteiger partial charge in [0.2, 0.25) is 15.3 Å². The maximum Gasteiger partial charge on any atom is 0.239 e. The molecular weight excluding hydrogens is 334 g/mol. The van der Waals surface area contributed by atoms with Gasteiger partial charge >= 0.3 is 0 Å². The van der Waals surface area contributed by atoms with Gasteiger partial charge in [-0.3, -0.25) is 4.79 Å². The van der Waals surface area contributed by atoms with Crippen LogP contribution in [0, 0.1) is 0 Å². The van der Waals surface area contributed by atoms with Gasteiger partial charge in [-0.25, -0.2) is 8.42 Å². The molecule has 1 aliphatic rings. The molecule has 0 aromatic heterocycles. The Kier molecular flexibility index (Phi) is 10.4. The summed E-state index contributed by atoms with van der Waals surface area (Å²) in [7, 11) is -3.33. The van der Waals surface area contributed by atoms with Crippen molar-refractivity contribution < 1.29 is 13.2 Å². The van der Waals surface area contributed by atoms with E-state index in [1.165, 1.54) is 49.3 Å². The molecule has 0 N–H and O–H groups in total. The molecule has 1 fully saturated rings. The maximum atomic E-state index is 12.3. The van der Waals surface area contributed by atoms with E-state index in [9.17, 15) is 13.2 Å². The third kappa shape index (κ3) is 7.99. The van der Waals surface area contributed by atoms with Gasteiger partial charge in [0, 0.05) is 6.54 Å². The second-order valence-electron chi connectivity index (χ2n) is 6.57. The van der Waals surface area contributed by atoms with E-state index in [2.05, 4.69) is 6.92 Å². The van der Waals surface area contributed by atoms with Gasteiger partial charge in [0.15, 0.2) is 0 Å². The van der Waals surface area contributed by atoms with Gasteiger partial charge in [-0.1, -0.05) is 64.7 Å². The van der Waals surface area contributed by atoms with Crippen molar-refractivity contribution in [2.45, 2.75) is 90.0 Å². The molecule has 0 aromatic rings. The highest BCUT2D eigenvalue weighted by atomic mass is 35.5. The lowest BCUT2D eigenvalue weighted by Gasteiger charge is -2.21. The summed E-state index contributed by atoms with van der Waals surface area (Å²) >= 11 is 5.50. The van der Waals surface area contributed by atoms with E-state index >= 15 is 0 Å². The summed E-state index contributed by atoms with van der Waals surface area (Å²) < 4.78 is 25.9. The van der Waals surface area contributed by atoms with Crippen molar-refractivity contribution in [3.05, 3.63) is 0 Å². The lowest BCUT2D eigenvalue weighted by atomic mass is 10.1. The van der Waals surface area contributed by atoms with Crippen LogP contribution in [0.2, 0.25) is 0 Å². The summed E-state index contributed by atoms with van der Waals surface area (Å²) in [5.41, 5.74) is 0. The van der Waals surface area contributed by atoms with Crippen LogP contribution in [0.1, 0.15) is 84.0 Å². The van der Waals surface area contributed by atoms with Crippen LogP contribution in [-0.2, 0) is 14.8 Å². The Bertz CT molecular complexity index is 439. The highest BCUT2D eigenvalue weighted by Crippen LogP contribution is 2.24. The number of halogens is 1. The minimum absolute atomic E-state index is 0.143. The van der Waals surface area contributed by atoms with Gasteiger partial charge in [0.1, 0.15) is 0 Å². The molecular formula is C17H32ClNO3S. The van der Waals surface area contributed by atoms with Gasteiger partial charge < -0.3 is 0 Å². The van der Waals surface area contributed by atoms with Gasteiger partial charge in [0.05, 0.1) is 11.8 Å². The quantitative estimate of drug-likeness (QED) is 0.357. The van der Waals surface area contributed by atoms with E-state index in [4.69, 9.17) is 11.6 Å². The van der Waals surface area contributed by atoms with Crippen LogP contribution >= 0.6 is 11.6 Å². The first-order valence-corrected chi connectivity index (χ1v) is 11.2. The molecule has 0 aromatic carbocycles. The normalized spacial score (nSPS) is 19.3. The molecule has 6 heteroatoms. The maximum absolute atomic E-state index is 12.3. The van der Waals surface area contributed by atoms with Crippen molar-refractivity contribution >= 4 is 26.9 Å². The zero-order chi connectivity index (χ0) is 17.1. The second-order valence-corrected chi connectivity index (χ2v) is 8.98. The Morgan fingerprint density at radius 3 is 2.04 bits per heavy atom. The first-order chi connectivity index (χ1) is 11.0. The average molecular weight is 366 g/mol. The molecule has 1 unspecified atom stereocenters. The molecule has 0 aliphatic carbocycles. The van der Waals surface area contributed by atoms with Crippen molar-refractivity contribution in [2.24, 2.45) is 0 Å². The largest absolute Gasteiger partial charge is 0.279 e. The van der Waals surface area contributed by atoms with Gasteiger partial charge in [0.25, 0.3) is 0 Å². The van der Waals surface area contributed by atoms with Crippen LogP contribution in [-0.4, -0.2) is 36.3 Å². The molecule has 1 atom stereocenters.